The molecule has 1 N–H and O–H groups in total. The van der Waals surface area contributed by atoms with E-state index in [-0.39, 0.29) is 10.5 Å². The van der Waals surface area contributed by atoms with Crippen molar-refractivity contribution in [2.24, 2.45) is 0 Å². The van der Waals surface area contributed by atoms with E-state index in [4.69, 9.17) is 0 Å². The average molecular weight is 320 g/mol. The molecule has 0 saturated carbocycles. The maximum Gasteiger partial charge on any atom is 0.339 e. The monoisotopic (exact) mass is 320 g/mol. The van der Waals surface area contributed by atoms with E-state index in [0.717, 1.165) is 21.6 Å². The van der Waals surface area contributed by atoms with Crippen LogP contribution in [0.15, 0.2) is 41.6 Å². The van der Waals surface area contributed by atoms with Crippen LogP contribution in [0.5, 0.6) is 0 Å². The molecule has 0 spiro atoms. The number of esters is 1. The number of rotatable bonds is 3. The summed E-state index contributed by atoms with van der Waals surface area (Å²) in [6.45, 7) is 2.04. The maximum atomic E-state index is 12.6. The molecule has 2 aromatic rings. The molecule has 7 heteroatoms. The number of ether oxygens (including phenoxy) is 1. The van der Waals surface area contributed by atoms with Gasteiger partial charge in [0.25, 0.3) is 10.0 Å². The zero-order valence-electron chi connectivity index (χ0n) is 12.2. The second-order valence-electron chi connectivity index (χ2n) is 5.30. The first kappa shape index (κ1) is 14.6. The summed E-state index contributed by atoms with van der Waals surface area (Å²) in [4.78, 5) is 11.6. The highest BCUT2D eigenvalue weighted by Crippen LogP contribution is 2.29. The van der Waals surface area contributed by atoms with Gasteiger partial charge >= 0.3 is 5.97 Å². The number of anilines is 1. The number of hydrogen-bond donors (Lipinski definition) is 1. The van der Waals surface area contributed by atoms with Crippen LogP contribution < -0.4 is 5.32 Å². The van der Waals surface area contributed by atoms with Crippen molar-refractivity contribution in [3.63, 3.8) is 0 Å². The van der Waals surface area contributed by atoms with Crippen molar-refractivity contribution in [1.29, 1.82) is 0 Å². The molecule has 0 amide bonds. The molecule has 0 saturated heterocycles. The summed E-state index contributed by atoms with van der Waals surface area (Å²) in [5.41, 5.74) is 2.14. The van der Waals surface area contributed by atoms with Crippen LogP contribution in [0.2, 0.25) is 0 Å². The van der Waals surface area contributed by atoms with Crippen LogP contribution in [0.4, 0.5) is 5.69 Å². The van der Waals surface area contributed by atoms with Crippen LogP contribution in [0, 0.1) is 0 Å². The van der Waals surface area contributed by atoms with Gasteiger partial charge < -0.3 is 10.1 Å². The summed E-state index contributed by atoms with van der Waals surface area (Å²) in [6.07, 6.45) is 3.39. The Morgan fingerprint density at radius 2 is 2.14 bits per heavy atom. The molecule has 2 heterocycles. The maximum absolute atomic E-state index is 12.6. The first-order valence-electron chi connectivity index (χ1n) is 6.83. The standard InChI is InChI=1S/C15H16N2O4S/c1-10-7-12-8-13(3-4-14(12)16-10)22(19,20)17-6-5-11(9-17)15(18)21-2/h3-6,8-10,16H,7H2,1-2H3. The van der Waals surface area contributed by atoms with E-state index >= 15 is 0 Å². The van der Waals surface area contributed by atoms with Crippen molar-refractivity contribution in [3.05, 3.63) is 47.8 Å². The second kappa shape index (κ2) is 5.17. The van der Waals surface area contributed by atoms with Gasteiger partial charge in [-0.1, -0.05) is 0 Å². The normalized spacial score (nSPS) is 16.9. The number of methoxy groups -OCH3 is 1. The van der Waals surface area contributed by atoms with Crippen LogP contribution >= 0.6 is 0 Å². The minimum Gasteiger partial charge on any atom is -0.465 e. The van der Waals surface area contributed by atoms with Crippen LogP contribution in [-0.2, 0) is 21.2 Å². The zero-order valence-corrected chi connectivity index (χ0v) is 13.1. The Balaban J connectivity index is 1.98. The molecule has 3 rings (SSSR count). The lowest BCUT2D eigenvalue weighted by Crippen LogP contribution is -2.11. The highest BCUT2D eigenvalue weighted by Gasteiger charge is 2.23. The fourth-order valence-corrected chi connectivity index (χ4v) is 3.82. The summed E-state index contributed by atoms with van der Waals surface area (Å²) in [5.74, 6) is -0.569. The summed E-state index contributed by atoms with van der Waals surface area (Å²) >= 11 is 0. The van der Waals surface area contributed by atoms with Gasteiger partial charge in [-0.05, 0) is 43.2 Å². The van der Waals surface area contributed by atoms with Gasteiger partial charge in [0.2, 0.25) is 0 Å². The van der Waals surface area contributed by atoms with E-state index in [2.05, 4.69) is 10.1 Å². The fraction of sp³-hybridized carbons (Fsp3) is 0.267. The highest BCUT2D eigenvalue weighted by atomic mass is 32.2. The third-order valence-corrected chi connectivity index (χ3v) is 5.30. The number of carbonyl (C=O) groups is 1. The van der Waals surface area contributed by atoms with E-state index in [1.807, 2.05) is 6.92 Å². The van der Waals surface area contributed by atoms with Gasteiger partial charge in [-0.25, -0.2) is 17.2 Å². The number of benzene rings is 1. The lowest BCUT2D eigenvalue weighted by Gasteiger charge is -2.07. The van der Waals surface area contributed by atoms with Gasteiger partial charge in [0, 0.05) is 24.1 Å². The average Bonchev–Trinajstić information content (AvgIpc) is 3.11. The molecule has 22 heavy (non-hydrogen) atoms. The first-order valence-corrected chi connectivity index (χ1v) is 8.27. The van der Waals surface area contributed by atoms with Crippen molar-refractivity contribution in [3.8, 4) is 0 Å². The van der Waals surface area contributed by atoms with E-state index in [9.17, 15) is 13.2 Å². The number of nitrogens with one attached hydrogen (secondary N) is 1. The van der Waals surface area contributed by atoms with E-state index in [0.29, 0.717) is 6.04 Å². The fourth-order valence-electron chi connectivity index (χ4n) is 2.57. The Labute approximate surface area is 128 Å². The van der Waals surface area contributed by atoms with Gasteiger partial charge in [-0.15, -0.1) is 0 Å². The summed E-state index contributed by atoms with van der Waals surface area (Å²) < 4.78 is 30.9. The Hall–Kier alpha value is -2.28. The summed E-state index contributed by atoms with van der Waals surface area (Å²) in [6, 6.07) is 6.73. The highest BCUT2D eigenvalue weighted by molar-refractivity contribution is 7.90. The van der Waals surface area contributed by atoms with Gasteiger partial charge in [0.05, 0.1) is 17.6 Å². The number of fused-ring (bicyclic) bond motifs is 1. The first-order chi connectivity index (χ1) is 10.4. The third-order valence-electron chi connectivity index (χ3n) is 3.67. The number of aromatic nitrogens is 1. The van der Waals surface area contributed by atoms with Crippen LogP contribution in [0.1, 0.15) is 22.8 Å². The molecule has 0 radical (unpaired) electrons. The van der Waals surface area contributed by atoms with Gasteiger partial charge in [-0.2, -0.15) is 0 Å². The largest absolute Gasteiger partial charge is 0.465 e. The molecule has 116 valence electrons. The van der Waals surface area contributed by atoms with Crippen LogP contribution in [0.25, 0.3) is 0 Å². The smallest absolute Gasteiger partial charge is 0.339 e. The Morgan fingerprint density at radius 1 is 1.36 bits per heavy atom. The molecule has 1 aliphatic heterocycles. The SMILES string of the molecule is COC(=O)c1ccn(S(=O)(=O)c2ccc3c(c2)CC(C)N3)c1. The topological polar surface area (TPSA) is 77.4 Å². The van der Waals surface area contributed by atoms with Crippen molar-refractivity contribution in [2.75, 3.05) is 12.4 Å². The van der Waals surface area contributed by atoms with E-state index < -0.39 is 16.0 Å². The van der Waals surface area contributed by atoms with Gasteiger partial charge in [0.1, 0.15) is 0 Å². The van der Waals surface area contributed by atoms with E-state index in [1.54, 1.807) is 18.2 Å². The number of hydrogen-bond acceptors (Lipinski definition) is 5. The Bertz CT molecular complexity index is 839. The Morgan fingerprint density at radius 3 is 2.86 bits per heavy atom. The predicted molar refractivity (Wildman–Crippen MR) is 81.6 cm³/mol. The minimum atomic E-state index is -3.72. The number of carbonyl (C=O) groups excluding carboxylic acids is 1. The zero-order chi connectivity index (χ0) is 15.9. The van der Waals surface area contributed by atoms with Crippen molar-refractivity contribution in [1.82, 2.24) is 3.97 Å². The summed E-state index contributed by atoms with van der Waals surface area (Å²) in [5, 5.41) is 3.28. The van der Waals surface area contributed by atoms with Gasteiger partial charge in [-0.3, -0.25) is 0 Å². The molecule has 1 aliphatic rings. The van der Waals surface area contributed by atoms with Crippen LogP contribution in [-0.4, -0.2) is 31.5 Å². The molecular weight excluding hydrogens is 304 g/mol. The Kier molecular flexibility index (Phi) is 3.44. The molecule has 6 nitrogen and oxygen atoms in total. The molecule has 1 atom stereocenters. The lowest BCUT2D eigenvalue weighted by atomic mass is 10.1. The molecule has 0 aliphatic carbocycles. The van der Waals surface area contributed by atoms with Crippen molar-refractivity contribution >= 4 is 21.7 Å². The molecule has 1 aromatic heterocycles. The summed E-state index contributed by atoms with van der Waals surface area (Å²) in [7, 11) is -2.47. The quantitative estimate of drug-likeness (QED) is 0.874. The molecule has 1 aromatic carbocycles. The second-order valence-corrected chi connectivity index (χ2v) is 7.14. The molecule has 0 bridgehead atoms. The third kappa shape index (κ3) is 2.37. The van der Waals surface area contributed by atoms with Gasteiger partial charge in [0.15, 0.2) is 0 Å². The predicted octanol–water partition coefficient (Wildman–Crippen LogP) is 1.87. The van der Waals surface area contributed by atoms with Crippen molar-refractivity contribution < 1.29 is 17.9 Å². The molecule has 1 unspecified atom stereocenters. The van der Waals surface area contributed by atoms with E-state index in [1.165, 1.54) is 25.6 Å². The minimum absolute atomic E-state index is 0.197. The van der Waals surface area contributed by atoms with Crippen LogP contribution in [0.3, 0.4) is 0 Å². The lowest BCUT2D eigenvalue weighted by molar-refractivity contribution is 0.0601. The molecular formula is C15H16N2O4S. The number of nitrogens with zero attached hydrogens (tertiary/aromatic N) is 1. The molecule has 0 fully saturated rings. The van der Waals surface area contributed by atoms with Crippen molar-refractivity contribution in [2.45, 2.75) is 24.3 Å².